The smallest absolute Gasteiger partial charge is 0.321 e. The molecule has 8 heteroatoms. The lowest BCUT2D eigenvalue weighted by atomic mass is 10.2. The lowest BCUT2D eigenvalue weighted by molar-refractivity contribution is -0.560. The molecule has 4 N–H and O–H groups in total. The number of aliphatic hydroxyl groups excluding tert-OH is 1. The standard InChI is InChI=1S/C18H24N6O2/c1-11(2)24-18(19)17(9-20-24)22-15-5-4-13(8-16(15)21-12(3)25)23-7-6-14(26)10-23/h4-5,8-9,11,14,26H,6-7,10H2,1-3H3,(H2,19,20,21,25)/p+1. The van der Waals surface area contributed by atoms with Crippen LogP contribution in [0, 0.1) is 0 Å². The summed E-state index contributed by atoms with van der Waals surface area (Å²) < 4.78 is 1.71. The van der Waals surface area contributed by atoms with Gasteiger partial charge in [-0.2, -0.15) is 0 Å². The van der Waals surface area contributed by atoms with Crippen molar-refractivity contribution < 1.29 is 14.6 Å². The molecule has 8 nitrogen and oxygen atoms in total. The third-order valence-electron chi connectivity index (χ3n) is 4.36. The molecule has 1 aromatic carbocycles. The number of hydrogen-bond donors (Lipinski definition) is 3. The fraction of sp³-hybridized carbons (Fsp3) is 0.444. The van der Waals surface area contributed by atoms with Gasteiger partial charge in [0.2, 0.25) is 5.91 Å². The lowest BCUT2D eigenvalue weighted by Gasteiger charge is -2.19. The van der Waals surface area contributed by atoms with Crippen molar-refractivity contribution in [3.8, 4) is 0 Å². The summed E-state index contributed by atoms with van der Waals surface area (Å²) in [5.74, 6) is 0.312. The van der Waals surface area contributed by atoms with Gasteiger partial charge in [-0.3, -0.25) is 10.5 Å². The molecule has 1 amide bonds. The number of nitrogens with two attached hydrogens (primary N) is 1. The minimum Gasteiger partial charge on any atom is -0.391 e. The Morgan fingerprint density at radius 1 is 1.50 bits per heavy atom. The van der Waals surface area contributed by atoms with Crippen LogP contribution in [0.4, 0.5) is 17.1 Å². The number of aliphatic imine (C=N–C) groups is 1. The van der Waals surface area contributed by atoms with Gasteiger partial charge in [0, 0.05) is 25.7 Å². The van der Waals surface area contributed by atoms with Gasteiger partial charge in [-0.25, -0.2) is 4.99 Å². The Bertz CT molecular complexity index is 812. The SMILES string of the molecule is CC(=O)Nc1cc(N2CCC(O)C2)ccc1N=C1C=N[N+](C(C)C)=C1N. The van der Waals surface area contributed by atoms with Crippen molar-refractivity contribution in [2.24, 2.45) is 15.8 Å². The Labute approximate surface area is 152 Å². The molecule has 1 unspecified atom stereocenters. The number of amidine groups is 1. The van der Waals surface area contributed by atoms with Crippen LogP contribution < -0.4 is 16.0 Å². The molecule has 2 heterocycles. The van der Waals surface area contributed by atoms with Crippen molar-refractivity contribution in [1.29, 1.82) is 0 Å². The number of amides is 1. The first-order valence-electron chi connectivity index (χ1n) is 8.74. The van der Waals surface area contributed by atoms with Gasteiger partial charge in [0.15, 0.2) is 5.71 Å². The Balaban J connectivity index is 1.95. The van der Waals surface area contributed by atoms with Crippen molar-refractivity contribution in [2.75, 3.05) is 23.3 Å². The minimum absolute atomic E-state index is 0.137. The van der Waals surface area contributed by atoms with Crippen molar-refractivity contribution in [2.45, 2.75) is 39.3 Å². The van der Waals surface area contributed by atoms with Crippen LogP contribution in [0.1, 0.15) is 27.2 Å². The van der Waals surface area contributed by atoms with E-state index >= 15 is 0 Å². The Hall–Kier alpha value is -2.74. The van der Waals surface area contributed by atoms with Crippen LogP contribution in [-0.2, 0) is 4.79 Å². The average Bonchev–Trinajstić information content (AvgIpc) is 3.15. The van der Waals surface area contributed by atoms with Gasteiger partial charge in [-0.15, -0.1) is 4.68 Å². The summed E-state index contributed by atoms with van der Waals surface area (Å²) in [7, 11) is 0. The summed E-state index contributed by atoms with van der Waals surface area (Å²) in [4.78, 5) is 18.3. The second-order valence-corrected chi connectivity index (χ2v) is 6.84. The largest absolute Gasteiger partial charge is 0.391 e. The highest BCUT2D eigenvalue weighted by atomic mass is 16.3. The summed E-state index contributed by atoms with van der Waals surface area (Å²) >= 11 is 0. The maximum Gasteiger partial charge on any atom is 0.321 e. The first-order chi connectivity index (χ1) is 12.3. The second-order valence-electron chi connectivity index (χ2n) is 6.84. The van der Waals surface area contributed by atoms with Crippen molar-refractivity contribution >= 4 is 40.7 Å². The first-order valence-corrected chi connectivity index (χ1v) is 8.74. The summed E-state index contributed by atoms with van der Waals surface area (Å²) in [6.07, 6.45) is 2.05. The molecule has 0 aliphatic carbocycles. The van der Waals surface area contributed by atoms with E-state index in [1.165, 1.54) is 6.92 Å². The second kappa shape index (κ2) is 7.25. The molecule has 3 rings (SSSR count). The molecule has 0 radical (unpaired) electrons. The van der Waals surface area contributed by atoms with Crippen LogP contribution >= 0.6 is 0 Å². The Morgan fingerprint density at radius 3 is 2.85 bits per heavy atom. The van der Waals surface area contributed by atoms with E-state index in [0.29, 0.717) is 29.5 Å². The van der Waals surface area contributed by atoms with Gasteiger partial charge in [0.25, 0.3) is 0 Å². The number of hydrogen-bond acceptors (Lipinski definition) is 6. The summed E-state index contributed by atoms with van der Waals surface area (Å²) in [6, 6.07) is 5.79. The maximum absolute atomic E-state index is 11.6. The molecule has 1 atom stereocenters. The van der Waals surface area contributed by atoms with E-state index in [9.17, 15) is 9.90 Å². The zero-order chi connectivity index (χ0) is 18.8. The van der Waals surface area contributed by atoms with E-state index in [1.807, 2.05) is 32.0 Å². The fourth-order valence-electron chi connectivity index (χ4n) is 3.07. The molecule has 26 heavy (non-hydrogen) atoms. The molecular weight excluding hydrogens is 332 g/mol. The van der Waals surface area contributed by atoms with Gasteiger partial charge >= 0.3 is 5.84 Å². The Kier molecular flexibility index (Phi) is 5.03. The lowest BCUT2D eigenvalue weighted by Crippen LogP contribution is -2.31. The van der Waals surface area contributed by atoms with E-state index in [-0.39, 0.29) is 18.1 Å². The van der Waals surface area contributed by atoms with Gasteiger partial charge in [-0.05, 0) is 38.5 Å². The third kappa shape index (κ3) is 3.75. The van der Waals surface area contributed by atoms with Gasteiger partial charge in [-0.1, -0.05) is 5.10 Å². The average molecular weight is 357 g/mol. The van der Waals surface area contributed by atoms with E-state index < -0.39 is 0 Å². The fourth-order valence-corrected chi connectivity index (χ4v) is 3.07. The number of anilines is 2. The molecule has 0 bridgehead atoms. The van der Waals surface area contributed by atoms with Crippen LogP contribution in [-0.4, -0.2) is 58.7 Å². The van der Waals surface area contributed by atoms with Crippen LogP contribution in [0.25, 0.3) is 0 Å². The highest BCUT2D eigenvalue weighted by Gasteiger charge is 2.25. The molecule has 1 aromatic rings. The van der Waals surface area contributed by atoms with E-state index in [1.54, 1.807) is 10.9 Å². The van der Waals surface area contributed by atoms with Crippen LogP contribution in [0.15, 0.2) is 28.3 Å². The number of benzene rings is 1. The summed E-state index contributed by atoms with van der Waals surface area (Å²) in [6.45, 7) is 6.82. The maximum atomic E-state index is 11.6. The molecule has 0 saturated carbocycles. The van der Waals surface area contributed by atoms with Crippen LogP contribution in [0.2, 0.25) is 0 Å². The zero-order valence-corrected chi connectivity index (χ0v) is 15.3. The molecule has 0 spiro atoms. The van der Waals surface area contributed by atoms with Crippen LogP contribution in [0.3, 0.4) is 0 Å². The minimum atomic E-state index is -0.315. The number of β-amino-alcohol motifs (C(OH)–C–C–N with tert-alkyl or cyclic N) is 1. The normalized spacial score (nSPS) is 21.3. The first kappa shape index (κ1) is 18.1. The molecule has 0 aromatic heterocycles. The van der Waals surface area contributed by atoms with Crippen LogP contribution in [0.5, 0.6) is 0 Å². The molecular formula is C18H25N6O2+. The van der Waals surface area contributed by atoms with Gasteiger partial charge in [0.1, 0.15) is 12.3 Å². The predicted octanol–water partition coefficient (Wildman–Crippen LogP) is 1.07. The number of carbonyl (C=O) groups excluding carboxylic acids is 1. The zero-order valence-electron chi connectivity index (χ0n) is 15.3. The highest BCUT2D eigenvalue weighted by molar-refractivity contribution is 6.62. The van der Waals surface area contributed by atoms with E-state index in [0.717, 1.165) is 18.7 Å². The molecule has 2 aliphatic heterocycles. The molecule has 1 saturated heterocycles. The number of rotatable bonds is 4. The number of carbonyl (C=O) groups is 1. The monoisotopic (exact) mass is 357 g/mol. The van der Waals surface area contributed by atoms with Gasteiger partial charge in [0.05, 0.1) is 17.5 Å². The summed E-state index contributed by atoms with van der Waals surface area (Å²) in [5, 5.41) is 16.8. The van der Waals surface area contributed by atoms with Gasteiger partial charge < -0.3 is 15.3 Å². The van der Waals surface area contributed by atoms with E-state index in [4.69, 9.17) is 5.73 Å². The van der Waals surface area contributed by atoms with E-state index in [2.05, 4.69) is 20.3 Å². The number of hydrazone groups is 1. The summed E-state index contributed by atoms with van der Waals surface area (Å²) in [5.41, 5.74) is 8.85. The van der Waals surface area contributed by atoms with Crippen molar-refractivity contribution in [1.82, 2.24) is 0 Å². The number of aliphatic hydroxyl groups is 1. The van der Waals surface area contributed by atoms with Crippen molar-refractivity contribution in [3.63, 3.8) is 0 Å². The quantitative estimate of drug-likeness (QED) is 0.701. The topological polar surface area (TPSA) is 106 Å². The molecule has 2 aliphatic rings. The predicted molar refractivity (Wildman–Crippen MR) is 104 cm³/mol. The number of nitrogens with zero attached hydrogens (tertiary/aromatic N) is 4. The number of nitrogens with one attached hydrogen (secondary N) is 1. The van der Waals surface area contributed by atoms with Crippen molar-refractivity contribution in [3.05, 3.63) is 18.2 Å². The third-order valence-corrected chi connectivity index (χ3v) is 4.36. The molecule has 138 valence electrons. The Morgan fingerprint density at radius 2 is 2.27 bits per heavy atom. The molecule has 1 fully saturated rings. The highest BCUT2D eigenvalue weighted by Crippen LogP contribution is 2.32.